The standard InChI is InChI=1S/C20H29NO3/c1-5-9-17-12-13-18(21(17)19(22)24-20(2,3)4)15-23-14-16-10-7-6-8-11-16/h5-8,10-11,17-18H,1,9,12-15H2,2-4H3/t17-,18+/m1/s1. The molecule has 1 amide bonds. The quantitative estimate of drug-likeness (QED) is 0.718. The molecule has 2 atom stereocenters. The number of likely N-dealkylation sites (tertiary alicyclic amines) is 1. The van der Waals surface area contributed by atoms with Crippen LogP contribution in [-0.4, -0.2) is 35.3 Å². The second-order valence-electron chi connectivity index (χ2n) is 7.30. The van der Waals surface area contributed by atoms with Crippen molar-refractivity contribution < 1.29 is 14.3 Å². The lowest BCUT2D eigenvalue weighted by molar-refractivity contribution is 0.000315. The number of ether oxygens (including phenoxy) is 2. The molecule has 0 saturated carbocycles. The molecule has 1 fully saturated rings. The van der Waals surface area contributed by atoms with E-state index in [0.29, 0.717) is 13.2 Å². The topological polar surface area (TPSA) is 38.8 Å². The van der Waals surface area contributed by atoms with Crippen LogP contribution in [-0.2, 0) is 16.1 Å². The van der Waals surface area contributed by atoms with Crippen LogP contribution >= 0.6 is 0 Å². The molecule has 1 heterocycles. The first-order chi connectivity index (χ1) is 11.4. The molecule has 0 bridgehead atoms. The Balaban J connectivity index is 1.95. The second kappa shape index (κ2) is 8.34. The fourth-order valence-electron chi connectivity index (χ4n) is 3.05. The first-order valence-corrected chi connectivity index (χ1v) is 8.64. The molecule has 1 saturated heterocycles. The number of carbonyl (C=O) groups excluding carboxylic acids is 1. The van der Waals surface area contributed by atoms with Crippen LogP contribution < -0.4 is 0 Å². The van der Waals surface area contributed by atoms with Gasteiger partial charge in [0.1, 0.15) is 5.60 Å². The number of nitrogens with zero attached hydrogens (tertiary/aromatic N) is 1. The maximum absolute atomic E-state index is 12.6. The lowest BCUT2D eigenvalue weighted by Gasteiger charge is -2.32. The Labute approximate surface area is 145 Å². The smallest absolute Gasteiger partial charge is 0.410 e. The van der Waals surface area contributed by atoms with Gasteiger partial charge in [-0.15, -0.1) is 6.58 Å². The second-order valence-corrected chi connectivity index (χ2v) is 7.30. The molecular formula is C20H29NO3. The summed E-state index contributed by atoms with van der Waals surface area (Å²) >= 11 is 0. The van der Waals surface area contributed by atoms with Gasteiger partial charge in [0.15, 0.2) is 0 Å². The Bertz CT molecular complexity index is 536. The highest BCUT2D eigenvalue weighted by Crippen LogP contribution is 2.29. The summed E-state index contributed by atoms with van der Waals surface area (Å²) in [7, 11) is 0. The molecule has 4 nitrogen and oxygen atoms in total. The molecule has 0 unspecified atom stereocenters. The van der Waals surface area contributed by atoms with E-state index in [1.54, 1.807) is 0 Å². The average molecular weight is 331 g/mol. The van der Waals surface area contributed by atoms with E-state index in [4.69, 9.17) is 9.47 Å². The SMILES string of the molecule is C=CC[C@@H]1CC[C@@H](COCc2ccccc2)N1C(=O)OC(C)(C)C. The minimum Gasteiger partial charge on any atom is -0.444 e. The van der Waals surface area contributed by atoms with E-state index in [0.717, 1.165) is 24.8 Å². The van der Waals surface area contributed by atoms with Crippen molar-refractivity contribution in [3.05, 3.63) is 48.6 Å². The highest BCUT2D eigenvalue weighted by Gasteiger charge is 2.38. The fourth-order valence-corrected chi connectivity index (χ4v) is 3.05. The summed E-state index contributed by atoms with van der Waals surface area (Å²) in [6.07, 6.45) is 4.31. The molecule has 0 radical (unpaired) electrons. The number of rotatable bonds is 6. The predicted octanol–water partition coefficient (Wildman–Crippen LogP) is 4.55. The van der Waals surface area contributed by atoms with E-state index in [9.17, 15) is 4.79 Å². The molecule has 132 valence electrons. The normalized spacial score (nSPS) is 20.9. The third-order valence-corrected chi connectivity index (χ3v) is 4.08. The molecule has 0 spiro atoms. The summed E-state index contributed by atoms with van der Waals surface area (Å²) in [4.78, 5) is 14.5. The molecule has 0 aromatic heterocycles. The Morgan fingerprint density at radius 2 is 1.92 bits per heavy atom. The zero-order chi connectivity index (χ0) is 17.6. The van der Waals surface area contributed by atoms with E-state index >= 15 is 0 Å². The number of benzene rings is 1. The molecule has 0 aliphatic carbocycles. The van der Waals surface area contributed by atoms with Crippen LogP contribution in [0.5, 0.6) is 0 Å². The van der Waals surface area contributed by atoms with Gasteiger partial charge in [-0.1, -0.05) is 36.4 Å². The van der Waals surface area contributed by atoms with Crippen molar-refractivity contribution in [2.75, 3.05) is 6.61 Å². The number of amides is 1. The van der Waals surface area contributed by atoms with E-state index in [2.05, 4.69) is 6.58 Å². The zero-order valence-corrected chi connectivity index (χ0v) is 15.0. The van der Waals surface area contributed by atoms with Gasteiger partial charge in [0.25, 0.3) is 0 Å². The van der Waals surface area contributed by atoms with Gasteiger partial charge < -0.3 is 9.47 Å². The van der Waals surface area contributed by atoms with Crippen molar-refractivity contribution in [2.45, 2.75) is 64.3 Å². The van der Waals surface area contributed by atoms with Gasteiger partial charge in [0.05, 0.1) is 19.3 Å². The molecule has 4 heteroatoms. The highest BCUT2D eigenvalue weighted by atomic mass is 16.6. The van der Waals surface area contributed by atoms with Crippen molar-refractivity contribution >= 4 is 6.09 Å². The van der Waals surface area contributed by atoms with Crippen molar-refractivity contribution in [3.63, 3.8) is 0 Å². The average Bonchev–Trinajstić information content (AvgIpc) is 2.90. The van der Waals surface area contributed by atoms with Crippen molar-refractivity contribution in [1.82, 2.24) is 4.90 Å². The van der Waals surface area contributed by atoms with Gasteiger partial charge in [-0.2, -0.15) is 0 Å². The van der Waals surface area contributed by atoms with Crippen LogP contribution in [0, 0.1) is 0 Å². The van der Waals surface area contributed by atoms with E-state index in [1.807, 2.05) is 62.1 Å². The van der Waals surface area contributed by atoms with Crippen molar-refractivity contribution in [3.8, 4) is 0 Å². The lowest BCUT2D eigenvalue weighted by atomic mass is 10.1. The van der Waals surface area contributed by atoms with Gasteiger partial charge >= 0.3 is 6.09 Å². The van der Waals surface area contributed by atoms with Crippen LogP contribution in [0.3, 0.4) is 0 Å². The maximum atomic E-state index is 12.6. The van der Waals surface area contributed by atoms with Gasteiger partial charge in [0, 0.05) is 6.04 Å². The zero-order valence-electron chi connectivity index (χ0n) is 15.0. The molecule has 2 rings (SSSR count). The molecule has 1 aliphatic rings. The molecular weight excluding hydrogens is 302 g/mol. The summed E-state index contributed by atoms with van der Waals surface area (Å²) in [5, 5.41) is 0. The molecule has 0 N–H and O–H groups in total. The minimum atomic E-state index is -0.492. The summed E-state index contributed by atoms with van der Waals surface area (Å²) in [5.41, 5.74) is 0.648. The van der Waals surface area contributed by atoms with E-state index in [-0.39, 0.29) is 18.2 Å². The lowest BCUT2D eigenvalue weighted by Crippen LogP contribution is -2.45. The molecule has 1 aliphatic heterocycles. The Hall–Kier alpha value is -1.81. The first-order valence-electron chi connectivity index (χ1n) is 8.64. The van der Waals surface area contributed by atoms with Crippen LogP contribution in [0.2, 0.25) is 0 Å². The van der Waals surface area contributed by atoms with Crippen LogP contribution in [0.15, 0.2) is 43.0 Å². The largest absolute Gasteiger partial charge is 0.444 e. The summed E-state index contributed by atoms with van der Waals surface area (Å²) in [6.45, 7) is 10.6. The predicted molar refractivity (Wildman–Crippen MR) is 95.8 cm³/mol. The molecule has 24 heavy (non-hydrogen) atoms. The number of hydrogen-bond donors (Lipinski definition) is 0. The van der Waals surface area contributed by atoms with Gasteiger partial charge in [-0.3, -0.25) is 4.90 Å². The maximum Gasteiger partial charge on any atom is 0.410 e. The van der Waals surface area contributed by atoms with Crippen LogP contribution in [0.25, 0.3) is 0 Å². The van der Waals surface area contributed by atoms with E-state index in [1.165, 1.54) is 0 Å². The van der Waals surface area contributed by atoms with Gasteiger partial charge in [-0.25, -0.2) is 4.79 Å². The molecule has 1 aromatic rings. The number of carbonyl (C=O) groups is 1. The third-order valence-electron chi connectivity index (χ3n) is 4.08. The number of hydrogen-bond acceptors (Lipinski definition) is 3. The summed E-state index contributed by atoms with van der Waals surface area (Å²) in [5.74, 6) is 0. The summed E-state index contributed by atoms with van der Waals surface area (Å²) in [6, 6.07) is 10.3. The van der Waals surface area contributed by atoms with Crippen molar-refractivity contribution in [2.24, 2.45) is 0 Å². The minimum absolute atomic E-state index is 0.0634. The van der Waals surface area contributed by atoms with Crippen LogP contribution in [0.4, 0.5) is 4.79 Å². The Kier molecular flexibility index (Phi) is 6.44. The Morgan fingerprint density at radius 1 is 1.25 bits per heavy atom. The van der Waals surface area contributed by atoms with Crippen LogP contribution in [0.1, 0.15) is 45.6 Å². The third kappa shape index (κ3) is 5.38. The fraction of sp³-hybridized carbons (Fsp3) is 0.550. The van der Waals surface area contributed by atoms with Crippen molar-refractivity contribution in [1.29, 1.82) is 0 Å². The van der Waals surface area contributed by atoms with Gasteiger partial charge in [0.2, 0.25) is 0 Å². The molecule has 1 aromatic carbocycles. The van der Waals surface area contributed by atoms with E-state index < -0.39 is 5.60 Å². The van der Waals surface area contributed by atoms with Gasteiger partial charge in [-0.05, 0) is 45.6 Å². The monoisotopic (exact) mass is 331 g/mol. The summed E-state index contributed by atoms with van der Waals surface area (Å²) < 4.78 is 11.5. The highest BCUT2D eigenvalue weighted by molar-refractivity contribution is 5.69. The first kappa shape index (κ1) is 18.5. The Morgan fingerprint density at radius 3 is 2.54 bits per heavy atom.